The van der Waals surface area contributed by atoms with Gasteiger partial charge in [-0.2, -0.15) is 0 Å². The molecular weight excluding hydrogens is 386 g/mol. The summed E-state index contributed by atoms with van der Waals surface area (Å²) in [5.74, 6) is 1.77. The van der Waals surface area contributed by atoms with Crippen molar-refractivity contribution >= 4 is 17.5 Å². The van der Waals surface area contributed by atoms with Gasteiger partial charge in [-0.05, 0) is 68.4 Å². The Hall–Kier alpha value is -1.88. The molecule has 2 amide bonds. The largest absolute Gasteiger partial charge is 0.356 e. The second kappa shape index (κ2) is 9.72. The number of hydrogen-bond donors (Lipinski definition) is 1. The zero-order chi connectivity index (χ0) is 22.0. The Bertz CT molecular complexity index is 777. The van der Waals surface area contributed by atoms with Crippen LogP contribution in [0, 0.1) is 11.8 Å². The van der Waals surface area contributed by atoms with E-state index in [9.17, 15) is 9.59 Å². The van der Waals surface area contributed by atoms with Gasteiger partial charge in [0.25, 0.3) is 0 Å². The average Bonchev–Trinajstić information content (AvgIpc) is 3.05. The third kappa shape index (κ3) is 4.82. The quantitative estimate of drug-likeness (QED) is 0.738. The summed E-state index contributed by atoms with van der Waals surface area (Å²) in [6.07, 6.45) is 8.20. The molecule has 0 spiro atoms. The fourth-order valence-corrected chi connectivity index (χ4v) is 6.11. The first-order chi connectivity index (χ1) is 15.0. The number of nitrogens with zero attached hydrogens (tertiary/aromatic N) is 2. The van der Waals surface area contributed by atoms with Gasteiger partial charge in [-0.3, -0.25) is 9.59 Å². The van der Waals surface area contributed by atoms with Gasteiger partial charge in [0.05, 0.1) is 5.92 Å². The molecule has 1 N–H and O–H groups in total. The van der Waals surface area contributed by atoms with Crippen molar-refractivity contribution in [3.63, 3.8) is 0 Å². The highest BCUT2D eigenvalue weighted by atomic mass is 16.2. The first-order valence-electron chi connectivity index (χ1n) is 12.4. The number of carbonyl (C=O) groups excluding carboxylic acids is 2. The third-order valence-electron chi connectivity index (χ3n) is 7.98. The molecule has 5 heteroatoms. The van der Waals surface area contributed by atoms with Gasteiger partial charge in [-0.1, -0.05) is 32.0 Å². The molecule has 1 aliphatic carbocycles. The summed E-state index contributed by atoms with van der Waals surface area (Å²) < 4.78 is 0. The Morgan fingerprint density at radius 3 is 2.35 bits per heavy atom. The molecule has 1 saturated heterocycles. The summed E-state index contributed by atoms with van der Waals surface area (Å²) >= 11 is 0. The summed E-state index contributed by atoms with van der Waals surface area (Å²) in [5, 5.41) is 2.85. The van der Waals surface area contributed by atoms with Gasteiger partial charge in [0.1, 0.15) is 0 Å². The van der Waals surface area contributed by atoms with Crippen molar-refractivity contribution < 1.29 is 9.59 Å². The maximum Gasteiger partial charge on any atom is 0.234 e. The topological polar surface area (TPSA) is 52.7 Å². The highest BCUT2D eigenvalue weighted by Crippen LogP contribution is 2.42. The van der Waals surface area contributed by atoms with Gasteiger partial charge in [0, 0.05) is 44.3 Å². The van der Waals surface area contributed by atoms with Gasteiger partial charge < -0.3 is 15.1 Å². The van der Waals surface area contributed by atoms with Crippen LogP contribution in [0.4, 0.5) is 5.69 Å². The predicted molar refractivity (Wildman–Crippen MR) is 125 cm³/mol. The number of benzene rings is 1. The van der Waals surface area contributed by atoms with E-state index in [-0.39, 0.29) is 17.7 Å². The van der Waals surface area contributed by atoms with Crippen LogP contribution in [0.15, 0.2) is 24.3 Å². The van der Waals surface area contributed by atoms with Crippen LogP contribution in [0.3, 0.4) is 0 Å². The summed E-state index contributed by atoms with van der Waals surface area (Å²) in [5.41, 5.74) is 2.23. The van der Waals surface area contributed by atoms with Crippen LogP contribution in [-0.4, -0.2) is 48.4 Å². The van der Waals surface area contributed by atoms with E-state index in [1.807, 2.05) is 12.1 Å². The Morgan fingerprint density at radius 2 is 1.71 bits per heavy atom. The summed E-state index contributed by atoms with van der Waals surface area (Å²) in [6, 6.07) is 9.29. The van der Waals surface area contributed by atoms with E-state index in [0.717, 1.165) is 55.1 Å². The number of nitrogens with one attached hydrogen (secondary N) is 1. The molecule has 3 aliphatic rings. The van der Waals surface area contributed by atoms with E-state index >= 15 is 0 Å². The van der Waals surface area contributed by atoms with Crippen LogP contribution in [-0.2, 0) is 9.59 Å². The molecule has 0 bridgehead atoms. The molecule has 1 aromatic carbocycles. The first kappa shape index (κ1) is 22.3. The van der Waals surface area contributed by atoms with Crippen LogP contribution in [0.25, 0.3) is 0 Å². The van der Waals surface area contributed by atoms with Gasteiger partial charge in [-0.25, -0.2) is 0 Å². The Balaban J connectivity index is 1.37. The molecule has 2 heterocycles. The molecule has 170 valence electrons. The fraction of sp³-hybridized carbons (Fsp3) is 0.692. The summed E-state index contributed by atoms with van der Waals surface area (Å²) in [7, 11) is 0. The monoisotopic (exact) mass is 425 g/mol. The number of amides is 2. The zero-order valence-electron chi connectivity index (χ0n) is 19.5. The van der Waals surface area contributed by atoms with Gasteiger partial charge in [-0.15, -0.1) is 0 Å². The van der Waals surface area contributed by atoms with Crippen LogP contribution in [0.1, 0.15) is 77.2 Å². The number of carbonyl (C=O) groups is 2. The fourth-order valence-electron chi connectivity index (χ4n) is 6.11. The Labute approximate surface area is 187 Å². The molecule has 0 aromatic heterocycles. The summed E-state index contributed by atoms with van der Waals surface area (Å²) in [4.78, 5) is 29.5. The number of para-hydroxylation sites is 1. The van der Waals surface area contributed by atoms with Crippen molar-refractivity contribution in [2.45, 2.75) is 83.7 Å². The predicted octanol–water partition coefficient (Wildman–Crippen LogP) is 4.32. The minimum absolute atomic E-state index is 0.0367. The van der Waals surface area contributed by atoms with E-state index in [2.05, 4.69) is 41.1 Å². The van der Waals surface area contributed by atoms with E-state index in [4.69, 9.17) is 0 Å². The molecule has 1 saturated carbocycles. The summed E-state index contributed by atoms with van der Waals surface area (Å²) in [6.45, 7) is 9.01. The minimum atomic E-state index is -0.132. The van der Waals surface area contributed by atoms with Crippen molar-refractivity contribution in [3.05, 3.63) is 29.8 Å². The lowest BCUT2D eigenvalue weighted by molar-refractivity contribution is -0.121. The van der Waals surface area contributed by atoms with Gasteiger partial charge in [0.2, 0.25) is 11.8 Å². The lowest BCUT2D eigenvalue weighted by atomic mass is 9.79. The number of hydrogen-bond acceptors (Lipinski definition) is 3. The van der Waals surface area contributed by atoms with Crippen molar-refractivity contribution in [1.82, 2.24) is 10.2 Å². The average molecular weight is 426 g/mol. The highest BCUT2D eigenvalue weighted by Gasteiger charge is 2.41. The molecule has 1 atom stereocenters. The SMILES string of the molecule is CC(=O)NCCC1C(=O)N(C2CCN([C@H]3CC[C@@H](C(C)C)CC3)CC2)c2ccccc21. The number of likely N-dealkylation sites (tertiary alicyclic amines) is 1. The van der Waals surface area contributed by atoms with Crippen molar-refractivity contribution in [2.24, 2.45) is 11.8 Å². The Kier molecular flexibility index (Phi) is 7.00. The molecule has 0 radical (unpaired) electrons. The smallest absolute Gasteiger partial charge is 0.234 e. The van der Waals surface area contributed by atoms with Crippen molar-refractivity contribution in [2.75, 3.05) is 24.5 Å². The lowest BCUT2D eigenvalue weighted by Gasteiger charge is -2.43. The number of piperidine rings is 1. The number of rotatable bonds is 6. The molecule has 2 fully saturated rings. The molecule has 5 nitrogen and oxygen atoms in total. The Morgan fingerprint density at radius 1 is 1.03 bits per heavy atom. The first-order valence-corrected chi connectivity index (χ1v) is 12.4. The normalized spacial score (nSPS) is 27.5. The van der Waals surface area contributed by atoms with E-state index in [0.29, 0.717) is 19.0 Å². The molecule has 1 aromatic rings. The number of fused-ring (bicyclic) bond motifs is 1. The maximum absolute atomic E-state index is 13.4. The standard InChI is InChI=1S/C26H39N3O2/c1-18(2)20-8-10-21(11-9-20)28-16-13-22(14-17-28)29-25-7-5-4-6-23(25)24(26(29)31)12-15-27-19(3)30/h4-7,18,20-22,24H,8-17H2,1-3H3,(H,27,30)/t20-,21+,24?. The second-order valence-electron chi connectivity index (χ2n) is 10.2. The van der Waals surface area contributed by atoms with E-state index < -0.39 is 0 Å². The maximum atomic E-state index is 13.4. The third-order valence-corrected chi connectivity index (χ3v) is 7.98. The van der Waals surface area contributed by atoms with Crippen LogP contribution >= 0.6 is 0 Å². The van der Waals surface area contributed by atoms with E-state index in [1.165, 1.54) is 32.6 Å². The molecule has 31 heavy (non-hydrogen) atoms. The van der Waals surface area contributed by atoms with Gasteiger partial charge in [0.15, 0.2) is 0 Å². The molecular formula is C26H39N3O2. The van der Waals surface area contributed by atoms with Crippen LogP contribution in [0.5, 0.6) is 0 Å². The van der Waals surface area contributed by atoms with Crippen LogP contribution < -0.4 is 10.2 Å². The molecule has 2 aliphatic heterocycles. The van der Waals surface area contributed by atoms with Crippen molar-refractivity contribution in [1.29, 1.82) is 0 Å². The zero-order valence-corrected chi connectivity index (χ0v) is 19.5. The minimum Gasteiger partial charge on any atom is -0.356 e. The van der Waals surface area contributed by atoms with E-state index in [1.54, 1.807) is 0 Å². The van der Waals surface area contributed by atoms with Crippen molar-refractivity contribution in [3.8, 4) is 0 Å². The second-order valence-corrected chi connectivity index (χ2v) is 10.2. The van der Waals surface area contributed by atoms with Crippen LogP contribution in [0.2, 0.25) is 0 Å². The molecule has 1 unspecified atom stereocenters. The lowest BCUT2D eigenvalue weighted by Crippen LogP contribution is -2.50. The number of anilines is 1. The van der Waals surface area contributed by atoms with Gasteiger partial charge >= 0.3 is 0 Å². The molecule has 4 rings (SSSR count). The highest BCUT2D eigenvalue weighted by molar-refractivity contribution is 6.05.